The fourth-order valence-electron chi connectivity index (χ4n) is 2.19. The maximum Gasteiger partial charge on any atom is 0.245 e. The number of nitrogens with one attached hydrogen (secondary N) is 1. The lowest BCUT2D eigenvalue weighted by Gasteiger charge is -2.09. The molecule has 0 aromatic carbocycles. The van der Waals surface area contributed by atoms with Crippen LogP contribution in [-0.4, -0.2) is 38.6 Å². The number of hydrogen-bond donors (Lipinski definition) is 1. The van der Waals surface area contributed by atoms with Crippen LogP contribution in [0.1, 0.15) is 31.0 Å². The minimum Gasteiger partial charge on any atom is -0.479 e. The summed E-state index contributed by atoms with van der Waals surface area (Å²) in [5.74, 6) is 0.893. The second-order valence-corrected chi connectivity index (χ2v) is 5.72. The monoisotopic (exact) mass is 309 g/mol. The zero-order valence-electron chi connectivity index (χ0n) is 11.8. The maximum absolute atomic E-state index is 12.1. The molecule has 7 nitrogen and oxygen atoms in total. The highest BCUT2D eigenvalue weighted by Crippen LogP contribution is 2.27. The Morgan fingerprint density at radius 3 is 2.95 bits per heavy atom. The van der Waals surface area contributed by atoms with Gasteiger partial charge in [-0.1, -0.05) is 0 Å². The number of rotatable bonds is 5. The Hall–Kier alpha value is -1.89. The van der Waals surface area contributed by atoms with Gasteiger partial charge < -0.3 is 14.6 Å². The van der Waals surface area contributed by atoms with E-state index in [1.165, 1.54) is 13.4 Å². The van der Waals surface area contributed by atoms with E-state index in [-0.39, 0.29) is 17.8 Å². The third-order valence-corrected chi connectivity index (χ3v) is 3.52. The molecule has 1 aliphatic rings. The Morgan fingerprint density at radius 1 is 1.57 bits per heavy atom. The molecule has 1 fully saturated rings. The number of carbonyl (C=O) groups is 1. The van der Waals surface area contributed by atoms with Crippen LogP contribution in [0.15, 0.2) is 6.33 Å². The summed E-state index contributed by atoms with van der Waals surface area (Å²) in [7, 11) is 1.52. The molecule has 8 heteroatoms. The number of halogens is 1. The molecule has 1 amide bonds. The molecule has 1 aliphatic carbocycles. The standard InChI is InChI=1S/C13H16ClN5O2/c1-7(14)11-18-10-12(15-6-16-13(10)21-2)19(11)5-9(20)17-8-3-4-8/h6-8H,3-5H2,1-2H3,(H,17,20). The predicted octanol–water partition coefficient (Wildman–Crippen LogP) is 1.41. The largest absolute Gasteiger partial charge is 0.479 e. The molecule has 21 heavy (non-hydrogen) atoms. The normalized spacial score (nSPS) is 16.0. The van der Waals surface area contributed by atoms with Crippen LogP contribution in [0, 0.1) is 0 Å². The number of hydrogen-bond acceptors (Lipinski definition) is 5. The highest BCUT2D eigenvalue weighted by Gasteiger charge is 2.25. The summed E-state index contributed by atoms with van der Waals surface area (Å²) in [6.07, 6.45) is 3.48. The first-order valence-electron chi connectivity index (χ1n) is 6.78. The van der Waals surface area contributed by atoms with Crippen molar-refractivity contribution in [3.63, 3.8) is 0 Å². The van der Waals surface area contributed by atoms with Crippen molar-refractivity contribution in [1.82, 2.24) is 24.8 Å². The molecule has 0 radical (unpaired) electrons. The van der Waals surface area contributed by atoms with E-state index >= 15 is 0 Å². The van der Waals surface area contributed by atoms with Crippen LogP contribution in [0.3, 0.4) is 0 Å². The van der Waals surface area contributed by atoms with E-state index in [4.69, 9.17) is 16.3 Å². The van der Waals surface area contributed by atoms with Crippen molar-refractivity contribution in [3.8, 4) is 5.88 Å². The van der Waals surface area contributed by atoms with Gasteiger partial charge in [0.1, 0.15) is 18.7 Å². The molecule has 2 heterocycles. The number of amides is 1. The van der Waals surface area contributed by atoms with E-state index in [1.807, 2.05) is 0 Å². The van der Waals surface area contributed by atoms with E-state index in [0.29, 0.717) is 28.9 Å². The van der Waals surface area contributed by atoms with Gasteiger partial charge in [0.05, 0.1) is 12.5 Å². The van der Waals surface area contributed by atoms with Gasteiger partial charge in [0.25, 0.3) is 0 Å². The van der Waals surface area contributed by atoms with Crippen LogP contribution in [0.25, 0.3) is 11.2 Å². The van der Waals surface area contributed by atoms with Crippen molar-refractivity contribution < 1.29 is 9.53 Å². The number of aromatic nitrogens is 4. The first-order chi connectivity index (χ1) is 10.1. The van der Waals surface area contributed by atoms with Crippen molar-refractivity contribution in [3.05, 3.63) is 12.2 Å². The number of carbonyl (C=O) groups excluding carboxylic acids is 1. The van der Waals surface area contributed by atoms with Gasteiger partial charge in [-0.2, -0.15) is 4.98 Å². The van der Waals surface area contributed by atoms with Crippen molar-refractivity contribution in [1.29, 1.82) is 0 Å². The third-order valence-electron chi connectivity index (χ3n) is 3.32. The zero-order chi connectivity index (χ0) is 15.0. The summed E-state index contributed by atoms with van der Waals surface area (Å²) in [5, 5.41) is 2.60. The maximum atomic E-state index is 12.1. The molecule has 0 aliphatic heterocycles. The minimum absolute atomic E-state index is 0.0621. The van der Waals surface area contributed by atoms with E-state index < -0.39 is 0 Å². The van der Waals surface area contributed by atoms with Crippen LogP contribution in [0.4, 0.5) is 0 Å². The lowest BCUT2D eigenvalue weighted by Crippen LogP contribution is -2.30. The van der Waals surface area contributed by atoms with Crippen LogP contribution >= 0.6 is 11.6 Å². The van der Waals surface area contributed by atoms with Crippen LogP contribution < -0.4 is 10.1 Å². The van der Waals surface area contributed by atoms with Crippen molar-refractivity contribution in [2.24, 2.45) is 0 Å². The SMILES string of the molecule is COc1ncnc2c1nc(C(C)Cl)n2CC(=O)NC1CC1. The van der Waals surface area contributed by atoms with Gasteiger partial charge >= 0.3 is 0 Å². The molecule has 1 N–H and O–H groups in total. The lowest BCUT2D eigenvalue weighted by atomic mass is 10.4. The molecular weight excluding hydrogens is 294 g/mol. The van der Waals surface area contributed by atoms with E-state index in [1.54, 1.807) is 11.5 Å². The number of imidazole rings is 1. The smallest absolute Gasteiger partial charge is 0.245 e. The van der Waals surface area contributed by atoms with Gasteiger partial charge in [0.2, 0.25) is 11.8 Å². The van der Waals surface area contributed by atoms with Crippen molar-refractivity contribution in [2.45, 2.75) is 37.7 Å². The van der Waals surface area contributed by atoms with E-state index in [0.717, 1.165) is 12.8 Å². The second kappa shape index (κ2) is 5.48. The number of fused-ring (bicyclic) bond motifs is 1. The number of methoxy groups -OCH3 is 1. The van der Waals surface area contributed by atoms with Gasteiger partial charge in [-0.3, -0.25) is 4.79 Å². The summed E-state index contributed by atoms with van der Waals surface area (Å²) < 4.78 is 6.90. The molecule has 3 rings (SSSR count). The number of alkyl halides is 1. The Labute approximate surface area is 126 Å². The van der Waals surface area contributed by atoms with E-state index in [2.05, 4.69) is 20.3 Å². The highest BCUT2D eigenvalue weighted by atomic mass is 35.5. The first kappa shape index (κ1) is 14.1. The number of ether oxygens (including phenoxy) is 1. The Bertz CT molecular complexity index is 680. The third kappa shape index (κ3) is 2.78. The fourth-order valence-corrected chi connectivity index (χ4v) is 2.35. The van der Waals surface area contributed by atoms with Crippen molar-refractivity contribution in [2.75, 3.05) is 7.11 Å². The molecule has 2 aromatic rings. The predicted molar refractivity (Wildman–Crippen MR) is 77.3 cm³/mol. The lowest BCUT2D eigenvalue weighted by molar-refractivity contribution is -0.121. The second-order valence-electron chi connectivity index (χ2n) is 5.07. The Morgan fingerprint density at radius 2 is 2.33 bits per heavy atom. The number of nitrogens with zero attached hydrogens (tertiary/aromatic N) is 4. The topological polar surface area (TPSA) is 81.9 Å². The molecule has 112 valence electrons. The average molecular weight is 310 g/mol. The van der Waals surface area contributed by atoms with Gasteiger partial charge in [-0.05, 0) is 19.8 Å². The zero-order valence-corrected chi connectivity index (χ0v) is 12.6. The highest BCUT2D eigenvalue weighted by molar-refractivity contribution is 6.20. The fraction of sp³-hybridized carbons (Fsp3) is 0.538. The average Bonchev–Trinajstić information content (AvgIpc) is 3.18. The molecular formula is C13H16ClN5O2. The molecule has 1 atom stereocenters. The molecule has 0 saturated heterocycles. The quantitative estimate of drug-likeness (QED) is 0.845. The van der Waals surface area contributed by atoms with Crippen LogP contribution in [-0.2, 0) is 11.3 Å². The van der Waals surface area contributed by atoms with Gasteiger partial charge in [0, 0.05) is 6.04 Å². The van der Waals surface area contributed by atoms with Crippen LogP contribution in [0.5, 0.6) is 5.88 Å². The van der Waals surface area contributed by atoms with Crippen LogP contribution in [0.2, 0.25) is 0 Å². The van der Waals surface area contributed by atoms with E-state index in [9.17, 15) is 4.79 Å². The molecule has 1 unspecified atom stereocenters. The molecule has 1 saturated carbocycles. The van der Waals surface area contributed by atoms with Gasteiger partial charge in [-0.25, -0.2) is 9.97 Å². The Kier molecular flexibility index (Phi) is 3.67. The minimum atomic E-state index is -0.349. The Balaban J connectivity index is 2.01. The summed E-state index contributed by atoms with van der Waals surface area (Å²) >= 11 is 6.17. The molecule has 0 spiro atoms. The molecule has 2 aromatic heterocycles. The van der Waals surface area contributed by atoms with Gasteiger partial charge in [-0.15, -0.1) is 11.6 Å². The first-order valence-corrected chi connectivity index (χ1v) is 7.22. The van der Waals surface area contributed by atoms with Crippen molar-refractivity contribution >= 4 is 28.7 Å². The molecule has 0 bridgehead atoms. The summed E-state index contributed by atoms with van der Waals surface area (Å²) in [6.45, 7) is 1.94. The summed E-state index contributed by atoms with van der Waals surface area (Å²) in [4.78, 5) is 24.7. The van der Waals surface area contributed by atoms with Gasteiger partial charge in [0.15, 0.2) is 11.2 Å². The summed E-state index contributed by atoms with van der Waals surface area (Å²) in [6, 6.07) is 0.313. The summed E-state index contributed by atoms with van der Waals surface area (Å²) in [5.41, 5.74) is 1.07.